The number of aliphatic hydroxyl groups is 1. The Bertz CT molecular complexity index is 1090. The van der Waals surface area contributed by atoms with Gasteiger partial charge in [-0.3, -0.25) is 14.3 Å². The maximum atomic E-state index is 13.7. The zero-order chi connectivity index (χ0) is 21.3. The number of rotatable bonds is 5. The predicted octanol–water partition coefficient (Wildman–Crippen LogP) is 4.12. The minimum atomic E-state index is -1.47. The summed E-state index contributed by atoms with van der Waals surface area (Å²) in [6.45, 7) is 2.80. The lowest BCUT2D eigenvalue weighted by Gasteiger charge is -2.15. The van der Waals surface area contributed by atoms with Crippen LogP contribution in [0.5, 0.6) is 0 Å². The van der Waals surface area contributed by atoms with Crippen LogP contribution in [0.1, 0.15) is 24.3 Å². The molecule has 3 rings (SSSR count). The molecule has 0 aliphatic rings. The summed E-state index contributed by atoms with van der Waals surface area (Å²) in [6, 6.07) is 11.2. The third-order valence-corrected chi connectivity index (χ3v) is 5.33. The molecule has 1 aromatic heterocycles. The van der Waals surface area contributed by atoms with Gasteiger partial charge in [-0.15, -0.1) is 0 Å². The molecule has 0 saturated carbocycles. The Hall–Kier alpha value is -2.55. The molecular weight excluding hydrogens is 417 g/mol. The average molecular weight is 436 g/mol. The summed E-state index contributed by atoms with van der Waals surface area (Å²) in [7, 11) is 1.70. The molecule has 0 aliphatic carbocycles. The van der Waals surface area contributed by atoms with Gasteiger partial charge in [0.2, 0.25) is 0 Å². The van der Waals surface area contributed by atoms with Crippen molar-refractivity contribution in [1.82, 2.24) is 9.29 Å². The summed E-state index contributed by atoms with van der Waals surface area (Å²) in [6.07, 6.45) is 0. The number of halogens is 2. The van der Waals surface area contributed by atoms with Crippen LogP contribution in [0.15, 0.2) is 47.4 Å². The van der Waals surface area contributed by atoms with Gasteiger partial charge < -0.3 is 15.0 Å². The van der Waals surface area contributed by atoms with Crippen LogP contribution in [-0.4, -0.2) is 27.1 Å². The number of carbonyl (C=O) groups is 2. The Morgan fingerprint density at radius 3 is 2.45 bits per heavy atom. The molecule has 3 N–H and O–H groups in total. The molecular formula is C20H19ClFN3O3S. The van der Waals surface area contributed by atoms with Crippen LogP contribution < -0.4 is 10.0 Å². The van der Waals surface area contributed by atoms with Gasteiger partial charge in [0.05, 0.1) is 10.5 Å². The van der Waals surface area contributed by atoms with E-state index in [0.29, 0.717) is 22.3 Å². The lowest BCUT2D eigenvalue weighted by atomic mass is 10.1. The number of aryl methyl sites for hydroxylation is 1. The monoisotopic (exact) mass is 435 g/mol. The van der Waals surface area contributed by atoms with Gasteiger partial charge in [0.15, 0.2) is 0 Å². The Morgan fingerprint density at radius 2 is 1.83 bits per heavy atom. The van der Waals surface area contributed by atoms with Gasteiger partial charge in [0.25, 0.3) is 11.8 Å². The zero-order valence-electron chi connectivity index (χ0n) is 15.9. The summed E-state index contributed by atoms with van der Waals surface area (Å²) in [5.41, 5.74) is 0.100. The number of nitrogens with one attached hydrogen (secondary N) is 2. The lowest BCUT2D eigenvalue weighted by molar-refractivity contribution is -0.134. The second-order valence-electron chi connectivity index (χ2n) is 6.98. The molecule has 0 unspecified atom stereocenters. The summed E-state index contributed by atoms with van der Waals surface area (Å²) < 4.78 is 17.9. The number of carbonyl (C=O) groups excluding carboxylic acids is 2. The van der Waals surface area contributed by atoms with E-state index in [-0.39, 0.29) is 10.9 Å². The van der Waals surface area contributed by atoms with Crippen LogP contribution in [0.25, 0.3) is 10.9 Å². The minimum Gasteiger partial charge on any atom is -0.381 e. The summed E-state index contributed by atoms with van der Waals surface area (Å²) in [5, 5.41) is 13.0. The second kappa shape index (κ2) is 8.06. The highest BCUT2D eigenvalue weighted by Gasteiger charge is 2.23. The van der Waals surface area contributed by atoms with Gasteiger partial charge in [-0.05, 0) is 68.3 Å². The molecule has 0 radical (unpaired) electrons. The van der Waals surface area contributed by atoms with E-state index < -0.39 is 17.3 Å². The van der Waals surface area contributed by atoms with Crippen molar-refractivity contribution in [2.45, 2.75) is 24.3 Å². The fraction of sp³-hybridized carbons (Fsp3) is 0.200. The molecule has 152 valence electrons. The molecule has 2 aromatic carbocycles. The van der Waals surface area contributed by atoms with Gasteiger partial charge in [-0.1, -0.05) is 11.6 Å². The smallest absolute Gasteiger partial charge is 0.272 e. The van der Waals surface area contributed by atoms with E-state index in [2.05, 4.69) is 10.0 Å². The van der Waals surface area contributed by atoms with Gasteiger partial charge >= 0.3 is 0 Å². The highest BCUT2D eigenvalue weighted by atomic mass is 35.5. The lowest BCUT2D eigenvalue weighted by Crippen LogP contribution is -2.38. The number of hydrogen-bond acceptors (Lipinski definition) is 4. The molecule has 0 atom stereocenters. The molecule has 0 bridgehead atoms. The number of amides is 2. The number of benzene rings is 2. The van der Waals surface area contributed by atoms with Crippen molar-refractivity contribution in [2.75, 3.05) is 5.32 Å². The van der Waals surface area contributed by atoms with Crippen molar-refractivity contribution < 1.29 is 19.1 Å². The van der Waals surface area contributed by atoms with Crippen molar-refractivity contribution in [1.29, 1.82) is 0 Å². The first kappa shape index (κ1) is 21.2. The Balaban J connectivity index is 1.70. The molecule has 0 saturated heterocycles. The molecule has 2 amide bonds. The Kier molecular flexibility index (Phi) is 5.88. The topological polar surface area (TPSA) is 83.4 Å². The maximum absolute atomic E-state index is 13.7. The Labute approximate surface area is 176 Å². The first-order valence-corrected chi connectivity index (χ1v) is 9.81. The van der Waals surface area contributed by atoms with Gasteiger partial charge in [0, 0.05) is 23.0 Å². The van der Waals surface area contributed by atoms with Crippen LogP contribution in [0.3, 0.4) is 0 Å². The number of hydrogen-bond donors (Lipinski definition) is 3. The zero-order valence-corrected chi connectivity index (χ0v) is 17.5. The fourth-order valence-electron chi connectivity index (χ4n) is 2.58. The highest BCUT2D eigenvalue weighted by Crippen LogP contribution is 2.26. The van der Waals surface area contributed by atoms with E-state index in [1.807, 2.05) is 0 Å². The summed E-state index contributed by atoms with van der Waals surface area (Å²) in [5.74, 6) is -1.40. The molecule has 0 aliphatic heterocycles. The molecule has 9 heteroatoms. The number of anilines is 1. The fourth-order valence-corrected chi connectivity index (χ4v) is 3.47. The van der Waals surface area contributed by atoms with Crippen molar-refractivity contribution in [2.24, 2.45) is 7.05 Å². The average Bonchev–Trinajstić information content (AvgIpc) is 2.96. The quantitative estimate of drug-likeness (QED) is 0.526. The van der Waals surface area contributed by atoms with Crippen LogP contribution in [0.2, 0.25) is 5.02 Å². The number of fused-ring (bicyclic) bond motifs is 1. The molecule has 3 aromatic rings. The maximum Gasteiger partial charge on any atom is 0.272 e. The molecule has 0 fully saturated rings. The van der Waals surface area contributed by atoms with Crippen molar-refractivity contribution >= 4 is 52.0 Å². The van der Waals surface area contributed by atoms with Crippen molar-refractivity contribution in [3.63, 3.8) is 0 Å². The van der Waals surface area contributed by atoms with Crippen molar-refractivity contribution in [3.05, 3.63) is 59.0 Å². The third-order valence-electron chi connectivity index (χ3n) is 4.25. The van der Waals surface area contributed by atoms with Gasteiger partial charge in [-0.2, -0.15) is 0 Å². The first-order valence-electron chi connectivity index (χ1n) is 8.62. The van der Waals surface area contributed by atoms with E-state index in [9.17, 15) is 19.1 Å². The number of nitrogens with zero attached hydrogens (tertiary/aromatic N) is 1. The molecule has 1 heterocycles. The minimum absolute atomic E-state index is 0.00424. The van der Waals surface area contributed by atoms with E-state index >= 15 is 0 Å². The largest absolute Gasteiger partial charge is 0.381 e. The van der Waals surface area contributed by atoms with Gasteiger partial charge in [0.1, 0.15) is 17.1 Å². The number of aromatic nitrogens is 1. The molecule has 6 nitrogen and oxygen atoms in total. The highest BCUT2D eigenvalue weighted by molar-refractivity contribution is 7.98. The van der Waals surface area contributed by atoms with Crippen LogP contribution in [-0.2, 0) is 11.8 Å². The van der Waals surface area contributed by atoms with Crippen LogP contribution in [0.4, 0.5) is 10.1 Å². The SMILES string of the molecule is Cn1c(C(=O)Nc2ccc(SNC(=O)C(C)(C)O)cc2)cc2cc(F)c(Cl)cc21. The third kappa shape index (κ3) is 4.72. The normalized spacial score (nSPS) is 11.5. The summed E-state index contributed by atoms with van der Waals surface area (Å²) in [4.78, 5) is 25.0. The predicted molar refractivity (Wildman–Crippen MR) is 113 cm³/mol. The van der Waals surface area contributed by atoms with Gasteiger partial charge in [-0.25, -0.2) is 4.39 Å². The van der Waals surface area contributed by atoms with E-state index in [1.54, 1.807) is 41.9 Å². The summed E-state index contributed by atoms with van der Waals surface area (Å²) >= 11 is 6.90. The standard InChI is InChI=1S/C20H19ClFN3O3S/c1-20(2,28)19(27)24-29-13-6-4-12(5-7-13)23-18(26)17-9-11-8-15(22)14(21)10-16(11)25(17)3/h4-10,28H,1-3H3,(H,23,26)(H,24,27). The molecule has 29 heavy (non-hydrogen) atoms. The Morgan fingerprint density at radius 1 is 1.17 bits per heavy atom. The van der Waals surface area contributed by atoms with Crippen molar-refractivity contribution in [3.8, 4) is 0 Å². The van der Waals surface area contributed by atoms with Crippen LogP contribution >= 0.6 is 23.5 Å². The molecule has 0 spiro atoms. The second-order valence-corrected chi connectivity index (χ2v) is 8.27. The van der Waals surface area contributed by atoms with Crippen LogP contribution in [0, 0.1) is 5.82 Å². The van der Waals surface area contributed by atoms with E-state index in [0.717, 1.165) is 16.8 Å². The van der Waals surface area contributed by atoms with E-state index in [1.165, 1.54) is 26.0 Å². The first-order chi connectivity index (χ1) is 13.6. The van der Waals surface area contributed by atoms with E-state index in [4.69, 9.17) is 11.6 Å².